The SMILES string of the molecule is C#Cc1ccc(OC(=O)NC(C)(C)C)c([N+](=O)[O-])c1. The molecule has 0 heterocycles. The second-order valence-electron chi connectivity index (χ2n) is 4.85. The first-order chi connectivity index (χ1) is 8.73. The molecular formula is C13H14N2O4. The molecule has 1 N–H and O–H groups in total. The van der Waals surface area contributed by atoms with Crippen LogP contribution in [-0.2, 0) is 0 Å². The van der Waals surface area contributed by atoms with Crippen LogP contribution >= 0.6 is 0 Å². The highest BCUT2D eigenvalue weighted by atomic mass is 16.6. The van der Waals surface area contributed by atoms with E-state index in [0.717, 1.165) is 0 Å². The molecule has 0 aliphatic carbocycles. The van der Waals surface area contributed by atoms with Crippen LogP contribution in [0.25, 0.3) is 0 Å². The van der Waals surface area contributed by atoms with Crippen LogP contribution in [0.4, 0.5) is 10.5 Å². The Balaban J connectivity index is 2.99. The van der Waals surface area contributed by atoms with E-state index in [0.29, 0.717) is 5.56 Å². The fraction of sp³-hybridized carbons (Fsp3) is 0.308. The van der Waals surface area contributed by atoms with Gasteiger partial charge in [0, 0.05) is 17.2 Å². The van der Waals surface area contributed by atoms with E-state index in [4.69, 9.17) is 11.2 Å². The lowest BCUT2D eigenvalue weighted by molar-refractivity contribution is -0.385. The lowest BCUT2D eigenvalue weighted by atomic mass is 10.1. The quantitative estimate of drug-likeness (QED) is 0.504. The summed E-state index contributed by atoms with van der Waals surface area (Å²) in [5.74, 6) is 2.13. The molecule has 0 bridgehead atoms. The molecule has 0 atom stereocenters. The van der Waals surface area contributed by atoms with Gasteiger partial charge in [-0.2, -0.15) is 0 Å². The predicted molar refractivity (Wildman–Crippen MR) is 69.9 cm³/mol. The van der Waals surface area contributed by atoms with E-state index in [1.807, 2.05) is 0 Å². The number of nitro groups is 1. The number of nitro benzene ring substituents is 1. The first kappa shape index (κ1) is 14.5. The molecule has 6 heteroatoms. The van der Waals surface area contributed by atoms with Crippen molar-refractivity contribution in [3.05, 3.63) is 33.9 Å². The molecule has 0 unspecified atom stereocenters. The molecule has 1 aromatic rings. The second kappa shape index (κ2) is 5.40. The molecule has 6 nitrogen and oxygen atoms in total. The summed E-state index contributed by atoms with van der Waals surface area (Å²) in [4.78, 5) is 21.8. The van der Waals surface area contributed by atoms with E-state index >= 15 is 0 Å². The van der Waals surface area contributed by atoms with Gasteiger partial charge in [-0.3, -0.25) is 10.1 Å². The van der Waals surface area contributed by atoms with E-state index in [-0.39, 0.29) is 11.4 Å². The molecule has 19 heavy (non-hydrogen) atoms. The third-order valence-corrected chi connectivity index (χ3v) is 2.00. The summed E-state index contributed by atoms with van der Waals surface area (Å²) in [5.41, 5.74) is -0.500. The fourth-order valence-electron chi connectivity index (χ4n) is 1.27. The summed E-state index contributed by atoms with van der Waals surface area (Å²) in [5, 5.41) is 13.4. The molecule has 0 aliphatic heterocycles. The zero-order valence-electron chi connectivity index (χ0n) is 10.9. The number of ether oxygens (including phenoxy) is 1. The summed E-state index contributed by atoms with van der Waals surface area (Å²) in [7, 11) is 0. The van der Waals surface area contributed by atoms with E-state index in [1.165, 1.54) is 18.2 Å². The number of carbonyl (C=O) groups excluding carboxylic acids is 1. The Labute approximate surface area is 110 Å². The second-order valence-corrected chi connectivity index (χ2v) is 4.85. The van der Waals surface area contributed by atoms with Crippen LogP contribution in [-0.4, -0.2) is 16.6 Å². The minimum Gasteiger partial charge on any atom is -0.403 e. The van der Waals surface area contributed by atoms with Crippen molar-refractivity contribution in [3.63, 3.8) is 0 Å². The van der Waals surface area contributed by atoms with Crippen molar-refractivity contribution in [2.45, 2.75) is 26.3 Å². The van der Waals surface area contributed by atoms with Gasteiger partial charge in [0.1, 0.15) is 0 Å². The number of hydrogen-bond donors (Lipinski definition) is 1. The van der Waals surface area contributed by atoms with Gasteiger partial charge in [0.05, 0.1) is 4.92 Å². The highest BCUT2D eigenvalue weighted by Crippen LogP contribution is 2.27. The number of benzene rings is 1. The molecule has 0 saturated heterocycles. The summed E-state index contributed by atoms with van der Waals surface area (Å²) in [6.07, 6.45) is 4.40. The molecule has 1 aromatic carbocycles. The van der Waals surface area contributed by atoms with Gasteiger partial charge < -0.3 is 10.1 Å². The summed E-state index contributed by atoms with van der Waals surface area (Å²) < 4.78 is 4.92. The molecule has 0 saturated carbocycles. The normalized spacial score (nSPS) is 10.4. The Morgan fingerprint density at radius 1 is 1.47 bits per heavy atom. The van der Waals surface area contributed by atoms with Gasteiger partial charge in [0.25, 0.3) is 0 Å². The number of terminal acetylenes is 1. The van der Waals surface area contributed by atoms with Crippen LogP contribution < -0.4 is 10.1 Å². The van der Waals surface area contributed by atoms with Gasteiger partial charge in [-0.1, -0.05) is 5.92 Å². The third kappa shape index (κ3) is 4.32. The molecule has 100 valence electrons. The van der Waals surface area contributed by atoms with Crippen LogP contribution in [0.5, 0.6) is 5.75 Å². The predicted octanol–water partition coefficient (Wildman–Crippen LogP) is 2.46. The molecule has 0 fully saturated rings. The van der Waals surface area contributed by atoms with E-state index in [1.54, 1.807) is 20.8 Å². The zero-order chi connectivity index (χ0) is 14.6. The maximum absolute atomic E-state index is 11.6. The van der Waals surface area contributed by atoms with E-state index in [2.05, 4.69) is 11.2 Å². The van der Waals surface area contributed by atoms with Crippen molar-refractivity contribution < 1.29 is 14.5 Å². The Bertz CT molecular complexity index is 553. The van der Waals surface area contributed by atoms with Gasteiger partial charge in [-0.25, -0.2) is 4.79 Å². The Morgan fingerprint density at radius 3 is 2.58 bits per heavy atom. The van der Waals surface area contributed by atoms with Crippen LogP contribution in [0.15, 0.2) is 18.2 Å². The monoisotopic (exact) mass is 262 g/mol. The highest BCUT2D eigenvalue weighted by Gasteiger charge is 2.21. The Kier molecular flexibility index (Phi) is 4.12. The van der Waals surface area contributed by atoms with Crippen molar-refractivity contribution in [2.75, 3.05) is 0 Å². The molecule has 1 amide bonds. The van der Waals surface area contributed by atoms with Gasteiger partial charge in [0.2, 0.25) is 5.75 Å². The third-order valence-electron chi connectivity index (χ3n) is 2.00. The Morgan fingerprint density at radius 2 is 2.11 bits per heavy atom. The highest BCUT2D eigenvalue weighted by molar-refractivity contribution is 5.73. The number of nitrogens with zero attached hydrogens (tertiary/aromatic N) is 1. The lowest BCUT2D eigenvalue weighted by Gasteiger charge is -2.19. The topological polar surface area (TPSA) is 81.5 Å². The van der Waals surface area contributed by atoms with Gasteiger partial charge in [-0.05, 0) is 32.9 Å². The maximum Gasteiger partial charge on any atom is 0.413 e. The number of rotatable bonds is 2. The van der Waals surface area contributed by atoms with Crippen molar-refractivity contribution in [1.82, 2.24) is 5.32 Å². The number of nitrogens with one attached hydrogen (secondary N) is 1. The van der Waals surface area contributed by atoms with E-state index in [9.17, 15) is 14.9 Å². The number of carbonyl (C=O) groups is 1. The minimum absolute atomic E-state index is 0.147. The fourth-order valence-corrected chi connectivity index (χ4v) is 1.27. The Hall–Kier alpha value is -2.55. The maximum atomic E-state index is 11.6. The average molecular weight is 262 g/mol. The van der Waals surface area contributed by atoms with Crippen molar-refractivity contribution in [2.24, 2.45) is 0 Å². The summed E-state index contributed by atoms with van der Waals surface area (Å²) in [6.45, 7) is 5.30. The van der Waals surface area contributed by atoms with Crippen LogP contribution in [0, 0.1) is 22.5 Å². The minimum atomic E-state index is -0.760. The molecule has 0 aliphatic rings. The molecule has 0 radical (unpaired) electrons. The van der Waals surface area contributed by atoms with Gasteiger partial charge in [-0.15, -0.1) is 6.42 Å². The molecule has 1 rings (SSSR count). The number of hydrogen-bond acceptors (Lipinski definition) is 4. The lowest BCUT2D eigenvalue weighted by Crippen LogP contribution is -2.42. The molecular weight excluding hydrogens is 248 g/mol. The van der Waals surface area contributed by atoms with Gasteiger partial charge >= 0.3 is 11.8 Å². The van der Waals surface area contributed by atoms with Crippen LogP contribution in [0.2, 0.25) is 0 Å². The van der Waals surface area contributed by atoms with Crippen molar-refractivity contribution in [1.29, 1.82) is 0 Å². The van der Waals surface area contributed by atoms with Gasteiger partial charge in [0.15, 0.2) is 0 Å². The zero-order valence-corrected chi connectivity index (χ0v) is 10.9. The molecule has 0 spiro atoms. The summed E-state index contributed by atoms with van der Waals surface area (Å²) >= 11 is 0. The molecule has 0 aromatic heterocycles. The van der Waals surface area contributed by atoms with E-state index < -0.39 is 16.6 Å². The first-order valence-corrected chi connectivity index (χ1v) is 5.48. The number of amides is 1. The average Bonchev–Trinajstić information content (AvgIpc) is 2.26. The van der Waals surface area contributed by atoms with Crippen LogP contribution in [0.1, 0.15) is 26.3 Å². The largest absolute Gasteiger partial charge is 0.413 e. The van der Waals surface area contributed by atoms with Crippen LogP contribution in [0.3, 0.4) is 0 Å². The van der Waals surface area contributed by atoms with Crippen molar-refractivity contribution >= 4 is 11.8 Å². The summed E-state index contributed by atoms with van der Waals surface area (Å²) in [6, 6.07) is 3.95. The first-order valence-electron chi connectivity index (χ1n) is 5.48. The standard InChI is InChI=1S/C13H14N2O4/c1-5-9-6-7-11(10(8-9)15(17)18)19-12(16)14-13(2,3)4/h1,6-8H,2-4H3,(H,14,16). The van der Waals surface area contributed by atoms with Crippen molar-refractivity contribution in [3.8, 4) is 18.1 Å². The smallest absolute Gasteiger partial charge is 0.403 e.